The van der Waals surface area contributed by atoms with Gasteiger partial charge in [-0.1, -0.05) is 24.3 Å². The Morgan fingerprint density at radius 2 is 1.90 bits per heavy atom. The van der Waals surface area contributed by atoms with Crippen LogP contribution in [0.15, 0.2) is 47.8 Å². The first-order valence-electron chi connectivity index (χ1n) is 9.99. The monoisotopic (exact) mass is 396 g/mol. The molecule has 2 aromatic rings. The van der Waals surface area contributed by atoms with E-state index in [2.05, 4.69) is 16.4 Å². The highest BCUT2D eigenvalue weighted by Crippen LogP contribution is 2.43. The van der Waals surface area contributed by atoms with Crippen LogP contribution in [-0.2, 0) is 18.4 Å². The molecule has 0 bridgehead atoms. The van der Waals surface area contributed by atoms with E-state index in [1.807, 2.05) is 55.1 Å². The van der Waals surface area contributed by atoms with Crippen molar-refractivity contribution in [3.8, 4) is 5.69 Å². The Bertz CT molecular complexity index is 993. The molecule has 0 spiro atoms. The quantitative estimate of drug-likeness (QED) is 0.749. The lowest BCUT2D eigenvalue weighted by Gasteiger charge is -2.24. The van der Waals surface area contributed by atoms with Gasteiger partial charge in [0.05, 0.1) is 16.7 Å². The first kappa shape index (κ1) is 19.7. The van der Waals surface area contributed by atoms with Crippen LogP contribution in [0.4, 0.5) is 0 Å². The van der Waals surface area contributed by atoms with E-state index >= 15 is 0 Å². The van der Waals surface area contributed by atoms with Crippen molar-refractivity contribution in [1.29, 1.82) is 0 Å². The number of carboxylic acids is 1. The molecule has 4 rings (SSSR count). The van der Waals surface area contributed by atoms with Crippen molar-refractivity contribution in [3.63, 3.8) is 0 Å². The predicted octanol–water partition coefficient (Wildman–Crippen LogP) is 1.49. The number of carbonyl (C=O) groups is 1. The van der Waals surface area contributed by atoms with E-state index in [-0.39, 0.29) is 11.5 Å². The molecule has 2 aliphatic rings. The second kappa shape index (κ2) is 7.31. The van der Waals surface area contributed by atoms with Crippen LogP contribution in [0, 0.1) is 18.3 Å². The summed E-state index contributed by atoms with van der Waals surface area (Å²) in [7, 11) is 1.89. The molecule has 154 valence electrons. The summed E-state index contributed by atoms with van der Waals surface area (Å²) >= 11 is 0. The standard InChI is InChI=1S/C22H28N4O3/c1-4-10-24-11-17-12-25(15-22(17,14-24)21(28)29)13-19-16(2)23(3)26(20(19)27)18-8-6-5-7-9-18/h4-9,17H,1,10-15H2,2-3H3,(H,28,29). The summed E-state index contributed by atoms with van der Waals surface area (Å²) in [5.41, 5.74) is 1.68. The minimum atomic E-state index is -0.760. The highest BCUT2D eigenvalue weighted by Gasteiger charge is 2.57. The number of hydrogen-bond donors (Lipinski definition) is 1. The Morgan fingerprint density at radius 3 is 2.52 bits per heavy atom. The largest absolute Gasteiger partial charge is 0.481 e. The lowest BCUT2D eigenvalue weighted by molar-refractivity contribution is -0.148. The summed E-state index contributed by atoms with van der Waals surface area (Å²) in [6.07, 6.45) is 1.83. The first-order valence-corrected chi connectivity index (χ1v) is 9.99. The Hall–Kier alpha value is -2.64. The van der Waals surface area contributed by atoms with Gasteiger partial charge in [0.2, 0.25) is 0 Å². The van der Waals surface area contributed by atoms with Crippen molar-refractivity contribution >= 4 is 5.97 Å². The molecule has 2 atom stereocenters. The average molecular weight is 396 g/mol. The summed E-state index contributed by atoms with van der Waals surface area (Å²) in [6, 6.07) is 9.58. The first-order chi connectivity index (χ1) is 13.9. The van der Waals surface area contributed by atoms with Gasteiger partial charge in [0, 0.05) is 57.9 Å². The molecule has 0 saturated carbocycles. The molecule has 0 radical (unpaired) electrons. The van der Waals surface area contributed by atoms with Crippen molar-refractivity contribution in [2.45, 2.75) is 13.5 Å². The number of aliphatic carboxylic acids is 1. The summed E-state index contributed by atoms with van der Waals surface area (Å²) in [5.74, 6) is -0.664. The summed E-state index contributed by atoms with van der Waals surface area (Å²) in [4.78, 5) is 29.7. The zero-order valence-electron chi connectivity index (χ0n) is 17.0. The molecule has 1 aromatic heterocycles. The summed E-state index contributed by atoms with van der Waals surface area (Å²) < 4.78 is 3.56. The molecular weight excluding hydrogens is 368 g/mol. The minimum Gasteiger partial charge on any atom is -0.481 e. The number of rotatable bonds is 6. The maximum atomic E-state index is 13.2. The molecule has 29 heavy (non-hydrogen) atoms. The molecule has 7 nitrogen and oxygen atoms in total. The third kappa shape index (κ3) is 3.14. The number of hydrogen-bond acceptors (Lipinski definition) is 4. The van der Waals surface area contributed by atoms with Gasteiger partial charge in [0.15, 0.2) is 0 Å². The molecule has 0 aliphatic carbocycles. The molecule has 2 fully saturated rings. The molecule has 2 saturated heterocycles. The third-order valence-electron chi connectivity index (χ3n) is 6.62. The van der Waals surface area contributed by atoms with E-state index in [1.165, 1.54) is 0 Å². The summed E-state index contributed by atoms with van der Waals surface area (Å²) in [5, 5.41) is 10.0. The van der Waals surface area contributed by atoms with E-state index in [9.17, 15) is 14.7 Å². The molecule has 7 heteroatoms. The highest BCUT2D eigenvalue weighted by molar-refractivity contribution is 5.77. The van der Waals surface area contributed by atoms with Crippen molar-refractivity contribution in [2.24, 2.45) is 18.4 Å². The number of likely N-dealkylation sites (tertiary alicyclic amines) is 2. The Labute approximate surface area is 170 Å². The van der Waals surface area contributed by atoms with Crippen LogP contribution in [0.5, 0.6) is 0 Å². The van der Waals surface area contributed by atoms with Crippen molar-refractivity contribution in [2.75, 3.05) is 32.7 Å². The van der Waals surface area contributed by atoms with Gasteiger partial charge in [-0.3, -0.25) is 24.1 Å². The topological polar surface area (TPSA) is 70.7 Å². The maximum Gasteiger partial charge on any atom is 0.312 e. The average Bonchev–Trinajstić information content (AvgIpc) is 3.27. The van der Waals surface area contributed by atoms with Gasteiger partial charge >= 0.3 is 5.97 Å². The van der Waals surface area contributed by atoms with Crippen LogP contribution in [-0.4, -0.2) is 63.0 Å². The van der Waals surface area contributed by atoms with Gasteiger partial charge in [0.25, 0.3) is 5.56 Å². The predicted molar refractivity (Wildman–Crippen MR) is 111 cm³/mol. The lowest BCUT2D eigenvalue weighted by atomic mass is 9.81. The number of carboxylic acid groups (broad SMARTS) is 1. The van der Waals surface area contributed by atoms with Crippen LogP contribution in [0.3, 0.4) is 0 Å². The molecule has 2 aliphatic heterocycles. The number of fused-ring (bicyclic) bond motifs is 1. The third-order valence-corrected chi connectivity index (χ3v) is 6.62. The SMILES string of the molecule is C=CCN1CC2CN(Cc3c(C)n(C)n(-c4ccccc4)c3=O)CC2(C(=O)O)C1. The molecular formula is C22H28N4O3. The van der Waals surface area contributed by atoms with Gasteiger partial charge in [-0.15, -0.1) is 6.58 Å². The smallest absolute Gasteiger partial charge is 0.312 e. The molecule has 1 N–H and O–H groups in total. The second-order valence-electron chi connectivity index (χ2n) is 8.35. The fraction of sp³-hybridized carbons (Fsp3) is 0.455. The second-order valence-corrected chi connectivity index (χ2v) is 8.35. The van der Waals surface area contributed by atoms with E-state index in [4.69, 9.17) is 0 Å². The fourth-order valence-corrected chi connectivity index (χ4v) is 5.05. The summed E-state index contributed by atoms with van der Waals surface area (Å²) in [6.45, 7) is 9.38. The van der Waals surface area contributed by atoms with E-state index in [0.717, 1.165) is 23.5 Å². The zero-order chi connectivity index (χ0) is 20.8. The molecule has 1 aromatic carbocycles. The van der Waals surface area contributed by atoms with Gasteiger partial charge in [-0.05, 0) is 19.1 Å². The fourth-order valence-electron chi connectivity index (χ4n) is 5.05. The van der Waals surface area contributed by atoms with Crippen LogP contribution in [0.25, 0.3) is 5.69 Å². The molecule has 0 amide bonds. The lowest BCUT2D eigenvalue weighted by Crippen LogP contribution is -2.41. The number of para-hydroxylation sites is 1. The van der Waals surface area contributed by atoms with Crippen LogP contribution < -0.4 is 5.56 Å². The van der Waals surface area contributed by atoms with E-state index < -0.39 is 11.4 Å². The van der Waals surface area contributed by atoms with Crippen LogP contribution in [0.2, 0.25) is 0 Å². The van der Waals surface area contributed by atoms with Crippen molar-refractivity contribution in [3.05, 3.63) is 64.6 Å². The molecule has 2 unspecified atom stereocenters. The minimum absolute atomic E-state index is 0.0362. The van der Waals surface area contributed by atoms with Gasteiger partial charge in [-0.25, -0.2) is 4.68 Å². The van der Waals surface area contributed by atoms with Gasteiger partial charge in [-0.2, -0.15) is 0 Å². The zero-order valence-corrected chi connectivity index (χ0v) is 17.0. The van der Waals surface area contributed by atoms with Gasteiger partial charge in [0.1, 0.15) is 0 Å². The number of benzene rings is 1. The number of nitrogens with zero attached hydrogens (tertiary/aromatic N) is 4. The van der Waals surface area contributed by atoms with E-state index in [0.29, 0.717) is 32.7 Å². The van der Waals surface area contributed by atoms with Crippen LogP contribution in [0.1, 0.15) is 11.3 Å². The normalized spacial score (nSPS) is 24.7. The Kier molecular flexibility index (Phi) is 4.96. The van der Waals surface area contributed by atoms with Crippen LogP contribution >= 0.6 is 0 Å². The van der Waals surface area contributed by atoms with E-state index in [1.54, 1.807) is 4.68 Å². The van der Waals surface area contributed by atoms with Crippen molar-refractivity contribution < 1.29 is 9.90 Å². The Balaban J connectivity index is 1.60. The highest BCUT2D eigenvalue weighted by atomic mass is 16.4. The maximum absolute atomic E-state index is 13.2. The molecule has 3 heterocycles. The van der Waals surface area contributed by atoms with Crippen molar-refractivity contribution in [1.82, 2.24) is 19.2 Å². The van der Waals surface area contributed by atoms with Gasteiger partial charge < -0.3 is 5.11 Å². The number of aromatic nitrogens is 2. The Morgan fingerprint density at radius 1 is 1.24 bits per heavy atom.